The molecule has 0 bridgehead atoms. The van der Waals surface area contributed by atoms with Crippen LogP contribution in [0.5, 0.6) is 0 Å². The number of hydrogen-bond donors (Lipinski definition) is 0. The van der Waals surface area contributed by atoms with Crippen molar-refractivity contribution in [2.45, 2.75) is 32.8 Å². The summed E-state index contributed by atoms with van der Waals surface area (Å²) in [4.78, 5) is 14.1. The van der Waals surface area contributed by atoms with Gasteiger partial charge in [-0.05, 0) is 38.8 Å². The Morgan fingerprint density at radius 3 is 2.70 bits per heavy atom. The van der Waals surface area contributed by atoms with Gasteiger partial charge in [0.05, 0.1) is 26.4 Å². The molecule has 0 saturated carbocycles. The maximum absolute atomic E-state index is 11.9. The van der Waals surface area contributed by atoms with Crippen LogP contribution in [0.4, 0.5) is 0 Å². The van der Waals surface area contributed by atoms with Gasteiger partial charge in [-0.2, -0.15) is 5.26 Å². The van der Waals surface area contributed by atoms with Gasteiger partial charge < -0.3 is 19.1 Å². The highest BCUT2D eigenvalue weighted by Crippen LogP contribution is 2.34. The van der Waals surface area contributed by atoms with Crippen LogP contribution >= 0.6 is 0 Å². The van der Waals surface area contributed by atoms with E-state index < -0.39 is 11.6 Å². The van der Waals surface area contributed by atoms with Gasteiger partial charge in [0.25, 0.3) is 0 Å². The summed E-state index contributed by atoms with van der Waals surface area (Å²) >= 11 is 0. The predicted octanol–water partition coefficient (Wildman–Crippen LogP) is 1.78. The first-order valence-corrected chi connectivity index (χ1v) is 7.98. The molecule has 1 saturated heterocycles. The molecule has 126 valence electrons. The molecule has 0 amide bonds. The molecule has 2 aliphatic rings. The Labute approximate surface area is 137 Å². The standard InChI is InChI=1S/C17H24N2O4/c1-4-22-16(20)14(12-18)11-13-5-8-23-17(2,3)15(13)19-6-9-21-10-7-19/h11H,4-10H2,1-3H3/b14-11+. The molecular weight excluding hydrogens is 296 g/mol. The second-order valence-electron chi connectivity index (χ2n) is 5.97. The maximum atomic E-state index is 11.9. The molecule has 23 heavy (non-hydrogen) atoms. The van der Waals surface area contributed by atoms with Gasteiger partial charge in [-0.15, -0.1) is 0 Å². The molecule has 0 aliphatic carbocycles. The van der Waals surface area contributed by atoms with E-state index in [0.717, 1.165) is 24.4 Å². The minimum atomic E-state index is -0.576. The van der Waals surface area contributed by atoms with Crippen molar-refractivity contribution in [2.24, 2.45) is 0 Å². The lowest BCUT2D eigenvalue weighted by molar-refractivity contribution is -0.138. The van der Waals surface area contributed by atoms with Crippen LogP contribution in [0.15, 0.2) is 22.9 Å². The monoisotopic (exact) mass is 320 g/mol. The second kappa shape index (κ2) is 7.62. The summed E-state index contributed by atoms with van der Waals surface area (Å²) in [5, 5.41) is 9.27. The summed E-state index contributed by atoms with van der Waals surface area (Å²) in [6, 6.07) is 1.95. The van der Waals surface area contributed by atoms with Crippen molar-refractivity contribution in [3.63, 3.8) is 0 Å². The Balaban J connectivity index is 2.42. The number of nitriles is 1. The van der Waals surface area contributed by atoms with E-state index in [2.05, 4.69) is 4.90 Å². The average Bonchev–Trinajstić information content (AvgIpc) is 2.52. The minimum Gasteiger partial charge on any atom is -0.462 e. The van der Waals surface area contributed by atoms with E-state index in [1.165, 1.54) is 0 Å². The highest BCUT2D eigenvalue weighted by Gasteiger charge is 2.35. The Bertz CT molecular complexity index is 551. The molecule has 6 nitrogen and oxygen atoms in total. The number of esters is 1. The molecule has 0 spiro atoms. The van der Waals surface area contributed by atoms with Crippen molar-refractivity contribution < 1.29 is 19.0 Å². The minimum absolute atomic E-state index is 0.0327. The molecule has 6 heteroatoms. The van der Waals surface area contributed by atoms with Crippen molar-refractivity contribution in [2.75, 3.05) is 39.5 Å². The van der Waals surface area contributed by atoms with E-state index in [0.29, 0.717) is 26.2 Å². The quantitative estimate of drug-likeness (QED) is 0.447. The molecule has 0 N–H and O–H groups in total. The normalized spacial score (nSPS) is 21.8. The fourth-order valence-electron chi connectivity index (χ4n) is 3.02. The largest absolute Gasteiger partial charge is 0.462 e. The van der Waals surface area contributed by atoms with Gasteiger partial charge in [0, 0.05) is 18.8 Å². The van der Waals surface area contributed by atoms with Crippen LogP contribution in [0, 0.1) is 11.3 Å². The molecule has 0 aromatic carbocycles. The molecule has 0 unspecified atom stereocenters. The van der Waals surface area contributed by atoms with E-state index in [4.69, 9.17) is 14.2 Å². The number of carbonyl (C=O) groups is 1. The number of morpholine rings is 1. The first-order valence-electron chi connectivity index (χ1n) is 7.98. The maximum Gasteiger partial charge on any atom is 0.348 e. The van der Waals surface area contributed by atoms with Gasteiger partial charge in [-0.3, -0.25) is 0 Å². The predicted molar refractivity (Wildman–Crippen MR) is 84.4 cm³/mol. The van der Waals surface area contributed by atoms with Gasteiger partial charge >= 0.3 is 5.97 Å². The van der Waals surface area contributed by atoms with Crippen LogP contribution in [-0.2, 0) is 19.0 Å². The van der Waals surface area contributed by atoms with E-state index in [-0.39, 0.29) is 12.2 Å². The van der Waals surface area contributed by atoms with Crippen LogP contribution in [-0.4, -0.2) is 56.0 Å². The molecule has 0 radical (unpaired) electrons. The fourth-order valence-corrected chi connectivity index (χ4v) is 3.02. The van der Waals surface area contributed by atoms with Crippen LogP contribution < -0.4 is 0 Å². The molecule has 1 fully saturated rings. The van der Waals surface area contributed by atoms with Gasteiger partial charge in [0.15, 0.2) is 0 Å². The molecule has 2 aliphatic heterocycles. The van der Waals surface area contributed by atoms with E-state index in [9.17, 15) is 10.1 Å². The zero-order chi connectivity index (χ0) is 16.9. The molecule has 0 aromatic heterocycles. The third kappa shape index (κ3) is 4.12. The fraction of sp³-hybridized carbons (Fsp3) is 0.647. The van der Waals surface area contributed by atoms with Gasteiger partial charge in [-0.25, -0.2) is 4.79 Å². The number of allylic oxidation sites excluding steroid dienone is 1. The molecule has 2 heterocycles. The highest BCUT2D eigenvalue weighted by atomic mass is 16.5. The van der Waals surface area contributed by atoms with Gasteiger partial charge in [0.2, 0.25) is 0 Å². The van der Waals surface area contributed by atoms with Crippen molar-refractivity contribution in [3.05, 3.63) is 22.9 Å². The van der Waals surface area contributed by atoms with Crippen molar-refractivity contribution in [1.29, 1.82) is 5.26 Å². The zero-order valence-electron chi connectivity index (χ0n) is 14.1. The number of ether oxygens (including phenoxy) is 3. The lowest BCUT2D eigenvalue weighted by Gasteiger charge is -2.43. The molecule has 0 aromatic rings. The first-order chi connectivity index (χ1) is 11.0. The Hall–Kier alpha value is -1.84. The smallest absolute Gasteiger partial charge is 0.348 e. The summed E-state index contributed by atoms with van der Waals surface area (Å²) in [7, 11) is 0. The molecule has 0 atom stereocenters. The Morgan fingerprint density at radius 1 is 1.39 bits per heavy atom. The van der Waals surface area contributed by atoms with E-state index in [1.54, 1.807) is 13.0 Å². The Kier molecular flexibility index (Phi) is 5.80. The summed E-state index contributed by atoms with van der Waals surface area (Å²) in [5.74, 6) is -0.576. The lowest BCUT2D eigenvalue weighted by Crippen LogP contribution is -2.46. The Morgan fingerprint density at radius 2 is 2.09 bits per heavy atom. The molecule has 2 rings (SSSR count). The van der Waals surface area contributed by atoms with Crippen molar-refractivity contribution in [3.8, 4) is 6.07 Å². The van der Waals surface area contributed by atoms with Gasteiger partial charge in [-0.1, -0.05) is 0 Å². The number of rotatable bonds is 4. The average molecular weight is 320 g/mol. The summed E-state index contributed by atoms with van der Waals surface area (Å²) in [5.41, 5.74) is 1.57. The summed E-state index contributed by atoms with van der Waals surface area (Å²) in [6.07, 6.45) is 2.33. The topological polar surface area (TPSA) is 71.8 Å². The van der Waals surface area contributed by atoms with Gasteiger partial charge in [0.1, 0.15) is 17.2 Å². The van der Waals surface area contributed by atoms with Crippen molar-refractivity contribution in [1.82, 2.24) is 4.90 Å². The summed E-state index contributed by atoms with van der Waals surface area (Å²) in [6.45, 7) is 9.46. The first kappa shape index (κ1) is 17.5. The lowest BCUT2D eigenvalue weighted by atomic mass is 9.92. The summed E-state index contributed by atoms with van der Waals surface area (Å²) < 4.78 is 16.3. The second-order valence-corrected chi connectivity index (χ2v) is 5.97. The third-order valence-electron chi connectivity index (χ3n) is 3.97. The van der Waals surface area contributed by atoms with Crippen LogP contribution in [0.3, 0.4) is 0 Å². The number of carbonyl (C=O) groups excluding carboxylic acids is 1. The van der Waals surface area contributed by atoms with Crippen LogP contribution in [0.1, 0.15) is 27.2 Å². The van der Waals surface area contributed by atoms with Crippen LogP contribution in [0.2, 0.25) is 0 Å². The number of nitrogens with zero attached hydrogens (tertiary/aromatic N) is 2. The van der Waals surface area contributed by atoms with E-state index >= 15 is 0 Å². The van der Waals surface area contributed by atoms with Crippen molar-refractivity contribution >= 4 is 5.97 Å². The zero-order valence-corrected chi connectivity index (χ0v) is 14.1. The highest BCUT2D eigenvalue weighted by molar-refractivity contribution is 5.93. The molecular formula is C17H24N2O4. The SMILES string of the molecule is CCOC(=O)/C(C#N)=C/C1=C(N2CCOCC2)C(C)(C)OCC1. The third-order valence-corrected chi connectivity index (χ3v) is 3.97. The van der Waals surface area contributed by atoms with E-state index in [1.807, 2.05) is 19.9 Å². The van der Waals surface area contributed by atoms with Crippen LogP contribution in [0.25, 0.3) is 0 Å². The number of hydrogen-bond acceptors (Lipinski definition) is 6.